The lowest BCUT2D eigenvalue weighted by atomic mass is 9.93. The Morgan fingerprint density at radius 2 is 1.94 bits per heavy atom. The number of aliphatic hydroxyl groups is 1. The van der Waals surface area contributed by atoms with Gasteiger partial charge in [0.05, 0.1) is 12.5 Å². The van der Waals surface area contributed by atoms with Crippen molar-refractivity contribution >= 4 is 5.97 Å². The summed E-state index contributed by atoms with van der Waals surface area (Å²) in [4.78, 5) is 13.2. The molecule has 104 valence electrons. The van der Waals surface area contributed by atoms with Crippen LogP contribution in [0.1, 0.15) is 32.1 Å². The Morgan fingerprint density at radius 3 is 2.56 bits per heavy atom. The molecule has 0 spiro atoms. The molecule has 3 N–H and O–H groups in total. The number of aliphatic carboxylic acids is 1. The summed E-state index contributed by atoms with van der Waals surface area (Å²) in [7, 11) is 0. The van der Waals surface area contributed by atoms with Crippen LogP contribution in [0.2, 0.25) is 0 Å². The van der Waals surface area contributed by atoms with E-state index in [0.717, 1.165) is 6.54 Å². The summed E-state index contributed by atoms with van der Waals surface area (Å²) in [6.45, 7) is 2.11. The molecule has 1 aliphatic heterocycles. The minimum Gasteiger partial charge on any atom is -0.481 e. The van der Waals surface area contributed by atoms with Crippen molar-refractivity contribution in [1.82, 2.24) is 10.2 Å². The van der Waals surface area contributed by atoms with Crippen LogP contribution in [0.3, 0.4) is 0 Å². The Balaban J connectivity index is 1.89. The van der Waals surface area contributed by atoms with Gasteiger partial charge in [0.2, 0.25) is 0 Å². The topological polar surface area (TPSA) is 72.8 Å². The van der Waals surface area contributed by atoms with Crippen LogP contribution in [-0.2, 0) is 4.79 Å². The van der Waals surface area contributed by atoms with E-state index in [9.17, 15) is 9.90 Å². The second kappa shape index (κ2) is 6.50. The number of rotatable bonds is 5. The average Bonchev–Trinajstić information content (AvgIpc) is 2.82. The summed E-state index contributed by atoms with van der Waals surface area (Å²) in [6, 6.07) is 0.827. The van der Waals surface area contributed by atoms with Crippen LogP contribution >= 0.6 is 0 Å². The van der Waals surface area contributed by atoms with Gasteiger partial charge in [0.1, 0.15) is 0 Å². The molecule has 0 radical (unpaired) electrons. The van der Waals surface area contributed by atoms with Crippen molar-refractivity contribution in [3.63, 3.8) is 0 Å². The van der Waals surface area contributed by atoms with E-state index < -0.39 is 5.97 Å². The molecule has 5 nitrogen and oxygen atoms in total. The fraction of sp³-hybridized carbons (Fsp3) is 0.923. The first kappa shape index (κ1) is 13.8. The molecule has 2 aliphatic rings. The van der Waals surface area contributed by atoms with E-state index in [1.54, 1.807) is 0 Å². The molecule has 2 unspecified atom stereocenters. The first-order chi connectivity index (χ1) is 8.69. The lowest BCUT2D eigenvalue weighted by molar-refractivity contribution is -0.144. The third kappa shape index (κ3) is 3.67. The second-order valence-corrected chi connectivity index (χ2v) is 5.60. The number of β-amino-alcohol motifs (C(OH)–C–C–N with tert-alkyl or cyclic N) is 1. The maximum absolute atomic E-state index is 11.2. The number of carbonyl (C=O) groups is 1. The number of aliphatic hydroxyl groups excluding tert-OH is 1. The van der Waals surface area contributed by atoms with Crippen molar-refractivity contribution in [2.24, 2.45) is 5.92 Å². The molecule has 0 aromatic carbocycles. The SMILES string of the molecule is O=C(O)C1CC(NC2CCCC2)CN(CCO)C1. The fourth-order valence-corrected chi connectivity index (χ4v) is 3.24. The van der Waals surface area contributed by atoms with E-state index in [1.807, 2.05) is 0 Å². The van der Waals surface area contributed by atoms with Gasteiger partial charge in [0.15, 0.2) is 0 Å². The van der Waals surface area contributed by atoms with Gasteiger partial charge in [0, 0.05) is 31.7 Å². The van der Waals surface area contributed by atoms with E-state index in [4.69, 9.17) is 5.11 Å². The second-order valence-electron chi connectivity index (χ2n) is 5.60. The summed E-state index contributed by atoms with van der Waals surface area (Å²) in [5, 5.41) is 21.8. The van der Waals surface area contributed by atoms with Crippen LogP contribution in [0.4, 0.5) is 0 Å². The van der Waals surface area contributed by atoms with Gasteiger partial charge in [-0.1, -0.05) is 12.8 Å². The smallest absolute Gasteiger partial charge is 0.307 e. The van der Waals surface area contributed by atoms with E-state index >= 15 is 0 Å². The summed E-state index contributed by atoms with van der Waals surface area (Å²) in [5.41, 5.74) is 0. The van der Waals surface area contributed by atoms with Crippen molar-refractivity contribution in [2.75, 3.05) is 26.2 Å². The number of nitrogens with one attached hydrogen (secondary N) is 1. The lowest BCUT2D eigenvalue weighted by Crippen LogP contribution is -2.53. The van der Waals surface area contributed by atoms with Crippen LogP contribution < -0.4 is 5.32 Å². The Hall–Kier alpha value is -0.650. The molecule has 0 amide bonds. The predicted octanol–water partition coefficient (Wildman–Crippen LogP) is 0.286. The van der Waals surface area contributed by atoms with Crippen LogP contribution in [0.15, 0.2) is 0 Å². The molecule has 18 heavy (non-hydrogen) atoms. The molecule has 5 heteroatoms. The average molecular weight is 256 g/mol. The molecule has 2 fully saturated rings. The van der Waals surface area contributed by atoms with Crippen LogP contribution in [0.25, 0.3) is 0 Å². The molecule has 2 atom stereocenters. The third-order valence-electron chi connectivity index (χ3n) is 4.12. The first-order valence-corrected chi connectivity index (χ1v) is 7.01. The highest BCUT2D eigenvalue weighted by Gasteiger charge is 2.32. The van der Waals surface area contributed by atoms with Crippen molar-refractivity contribution in [2.45, 2.75) is 44.2 Å². The third-order valence-corrected chi connectivity index (χ3v) is 4.12. The Labute approximate surface area is 108 Å². The summed E-state index contributed by atoms with van der Waals surface area (Å²) in [6.07, 6.45) is 5.72. The maximum Gasteiger partial charge on any atom is 0.307 e. The highest BCUT2D eigenvalue weighted by molar-refractivity contribution is 5.70. The van der Waals surface area contributed by atoms with Crippen molar-refractivity contribution in [1.29, 1.82) is 0 Å². The Kier molecular flexibility index (Phi) is 4.97. The largest absolute Gasteiger partial charge is 0.481 e. The Morgan fingerprint density at radius 1 is 1.22 bits per heavy atom. The Bertz CT molecular complexity index is 279. The minimum absolute atomic E-state index is 0.0997. The number of hydrogen-bond acceptors (Lipinski definition) is 4. The van der Waals surface area contributed by atoms with Gasteiger partial charge in [-0.05, 0) is 19.3 Å². The first-order valence-electron chi connectivity index (χ1n) is 7.01. The molecule has 0 aromatic rings. The van der Waals surface area contributed by atoms with Gasteiger partial charge in [-0.15, -0.1) is 0 Å². The normalized spacial score (nSPS) is 30.7. The number of carboxylic acids is 1. The van der Waals surface area contributed by atoms with Crippen molar-refractivity contribution < 1.29 is 15.0 Å². The van der Waals surface area contributed by atoms with E-state index in [1.165, 1.54) is 25.7 Å². The molecule has 1 heterocycles. The summed E-state index contributed by atoms with van der Waals surface area (Å²) in [5.74, 6) is -1.01. The molecule has 1 saturated carbocycles. The predicted molar refractivity (Wildman–Crippen MR) is 68.4 cm³/mol. The van der Waals surface area contributed by atoms with Crippen LogP contribution in [0.5, 0.6) is 0 Å². The molecule has 0 aromatic heterocycles. The van der Waals surface area contributed by atoms with Gasteiger partial charge in [0.25, 0.3) is 0 Å². The highest BCUT2D eigenvalue weighted by Crippen LogP contribution is 2.22. The molecule has 1 saturated heterocycles. The molecular weight excluding hydrogens is 232 g/mol. The van der Waals surface area contributed by atoms with Crippen molar-refractivity contribution in [3.8, 4) is 0 Å². The quantitative estimate of drug-likeness (QED) is 0.659. The van der Waals surface area contributed by atoms with Gasteiger partial charge in [-0.3, -0.25) is 9.69 Å². The number of piperidine rings is 1. The molecule has 1 aliphatic carbocycles. The fourth-order valence-electron chi connectivity index (χ4n) is 3.24. The maximum atomic E-state index is 11.2. The van der Waals surface area contributed by atoms with E-state index in [-0.39, 0.29) is 18.6 Å². The van der Waals surface area contributed by atoms with Gasteiger partial charge >= 0.3 is 5.97 Å². The van der Waals surface area contributed by atoms with Gasteiger partial charge in [-0.25, -0.2) is 0 Å². The monoisotopic (exact) mass is 256 g/mol. The number of likely N-dealkylation sites (tertiary alicyclic amines) is 1. The molecular formula is C13H24N2O3. The minimum atomic E-state index is -0.712. The standard InChI is InChI=1S/C13H24N2O3/c16-6-5-15-8-10(13(17)18)7-12(9-15)14-11-3-1-2-4-11/h10-12,14,16H,1-9H2,(H,17,18). The number of nitrogens with zero attached hydrogens (tertiary/aromatic N) is 1. The van der Waals surface area contributed by atoms with Crippen LogP contribution in [-0.4, -0.2) is 59.4 Å². The zero-order valence-corrected chi connectivity index (χ0v) is 10.8. The lowest BCUT2D eigenvalue weighted by Gasteiger charge is -2.37. The van der Waals surface area contributed by atoms with Crippen LogP contribution in [0, 0.1) is 5.92 Å². The van der Waals surface area contributed by atoms with Crippen molar-refractivity contribution in [3.05, 3.63) is 0 Å². The van der Waals surface area contributed by atoms with Gasteiger partial charge < -0.3 is 15.5 Å². The van der Waals surface area contributed by atoms with E-state index in [0.29, 0.717) is 25.6 Å². The van der Waals surface area contributed by atoms with E-state index in [2.05, 4.69) is 10.2 Å². The number of carboxylic acid groups (broad SMARTS) is 1. The summed E-state index contributed by atoms with van der Waals surface area (Å²) >= 11 is 0. The summed E-state index contributed by atoms with van der Waals surface area (Å²) < 4.78 is 0. The van der Waals surface area contributed by atoms with Gasteiger partial charge in [-0.2, -0.15) is 0 Å². The zero-order chi connectivity index (χ0) is 13.0. The zero-order valence-electron chi connectivity index (χ0n) is 10.8. The molecule has 2 rings (SSSR count). The molecule has 0 bridgehead atoms. The highest BCUT2D eigenvalue weighted by atomic mass is 16.4. The number of hydrogen-bond donors (Lipinski definition) is 3.